The summed E-state index contributed by atoms with van der Waals surface area (Å²) in [5.74, 6) is 0.268. The molecule has 162 valence electrons. The van der Waals surface area contributed by atoms with Crippen LogP contribution in [-0.2, 0) is 19.7 Å². The first-order valence-electron chi connectivity index (χ1n) is 11.1. The van der Waals surface area contributed by atoms with Gasteiger partial charge in [-0.3, -0.25) is 9.63 Å². The third-order valence-corrected chi connectivity index (χ3v) is 9.33. The molecule has 29 heavy (non-hydrogen) atoms. The van der Waals surface area contributed by atoms with Crippen molar-refractivity contribution in [1.29, 1.82) is 0 Å². The van der Waals surface area contributed by atoms with Crippen molar-refractivity contribution >= 4 is 21.6 Å². The Labute approximate surface area is 172 Å². The third-order valence-electron chi connectivity index (χ3n) is 7.24. The maximum Gasteiger partial charge on any atom is 0.246 e. The van der Waals surface area contributed by atoms with Gasteiger partial charge in [0.1, 0.15) is 6.10 Å². The van der Waals surface area contributed by atoms with Crippen LogP contribution in [0.4, 0.5) is 0 Å². The topological polar surface area (TPSA) is 100 Å². The molecule has 2 aliphatic heterocycles. The predicted molar refractivity (Wildman–Crippen MR) is 108 cm³/mol. The maximum absolute atomic E-state index is 13.3. The van der Waals surface area contributed by atoms with Gasteiger partial charge in [0.2, 0.25) is 15.9 Å². The summed E-state index contributed by atoms with van der Waals surface area (Å²) in [5, 5.41) is 5.88. The van der Waals surface area contributed by atoms with Crippen LogP contribution in [-0.4, -0.2) is 54.5 Å². The molecule has 0 aromatic rings. The first kappa shape index (κ1) is 19.9. The van der Waals surface area contributed by atoms with Gasteiger partial charge in [0, 0.05) is 29.1 Å². The number of sulfonamides is 1. The molecule has 0 aromatic heterocycles. The zero-order chi connectivity index (χ0) is 20.4. The van der Waals surface area contributed by atoms with Gasteiger partial charge in [-0.05, 0) is 71.1 Å². The van der Waals surface area contributed by atoms with E-state index in [1.54, 1.807) is 5.01 Å². The summed E-state index contributed by atoms with van der Waals surface area (Å²) in [5.41, 5.74) is 3.81. The smallest absolute Gasteiger partial charge is 0.246 e. The average Bonchev–Trinajstić information content (AvgIpc) is 3.59. The van der Waals surface area contributed by atoms with Gasteiger partial charge in [0.05, 0.1) is 11.8 Å². The Bertz CT molecular complexity index is 820. The summed E-state index contributed by atoms with van der Waals surface area (Å²) in [6, 6.07) is 0.263. The molecule has 2 N–H and O–H groups in total. The number of carbonyl (C=O) groups excluding carboxylic acids is 1. The van der Waals surface area contributed by atoms with E-state index in [1.165, 1.54) is 0 Å². The van der Waals surface area contributed by atoms with Crippen molar-refractivity contribution in [3.63, 3.8) is 0 Å². The molecule has 0 bridgehead atoms. The molecule has 5 atom stereocenters. The third kappa shape index (κ3) is 3.98. The maximum atomic E-state index is 13.3. The van der Waals surface area contributed by atoms with Gasteiger partial charge in [0.25, 0.3) is 0 Å². The second kappa shape index (κ2) is 7.00. The highest BCUT2D eigenvalue weighted by Crippen LogP contribution is 2.45. The van der Waals surface area contributed by atoms with E-state index < -0.39 is 15.3 Å². The Hall–Kier alpha value is -1.03. The lowest BCUT2D eigenvalue weighted by Crippen LogP contribution is -2.52. The minimum absolute atomic E-state index is 0.0277. The number of rotatable bonds is 6. The van der Waals surface area contributed by atoms with E-state index >= 15 is 0 Å². The van der Waals surface area contributed by atoms with Crippen molar-refractivity contribution in [3.05, 3.63) is 0 Å². The number of hydrogen-bond donors (Lipinski definition) is 2. The van der Waals surface area contributed by atoms with Gasteiger partial charge in [-0.15, -0.1) is 0 Å². The summed E-state index contributed by atoms with van der Waals surface area (Å²) in [7, 11) is -3.42. The molecule has 1 saturated heterocycles. The summed E-state index contributed by atoms with van der Waals surface area (Å²) in [6.07, 6.45) is 6.55. The van der Waals surface area contributed by atoms with Crippen molar-refractivity contribution in [1.82, 2.24) is 15.2 Å². The van der Waals surface area contributed by atoms with Crippen LogP contribution >= 0.6 is 0 Å². The van der Waals surface area contributed by atoms with E-state index in [4.69, 9.17) is 9.94 Å². The number of hydroxylamine groups is 1. The van der Waals surface area contributed by atoms with E-state index in [1.807, 2.05) is 6.92 Å². The lowest BCUT2D eigenvalue weighted by atomic mass is 9.73. The molecule has 5 unspecified atom stereocenters. The van der Waals surface area contributed by atoms with Gasteiger partial charge in [0.15, 0.2) is 0 Å². The van der Waals surface area contributed by atoms with Crippen LogP contribution in [0.5, 0.6) is 0 Å². The van der Waals surface area contributed by atoms with Gasteiger partial charge >= 0.3 is 0 Å². The van der Waals surface area contributed by atoms with Crippen LogP contribution < -0.4 is 10.2 Å². The van der Waals surface area contributed by atoms with Crippen LogP contribution in [0.1, 0.15) is 65.2 Å². The molecule has 5 rings (SSSR count). The van der Waals surface area contributed by atoms with Gasteiger partial charge < -0.3 is 0 Å². The molecule has 2 heterocycles. The minimum Gasteiger partial charge on any atom is -0.296 e. The van der Waals surface area contributed by atoms with Gasteiger partial charge in [-0.25, -0.2) is 18.1 Å². The monoisotopic (exact) mass is 424 g/mol. The van der Waals surface area contributed by atoms with Crippen LogP contribution in [0, 0.1) is 17.8 Å². The zero-order valence-corrected chi connectivity index (χ0v) is 18.1. The first-order valence-corrected chi connectivity index (χ1v) is 12.6. The number of amides is 1. The Morgan fingerprint density at radius 2 is 1.97 bits per heavy atom. The van der Waals surface area contributed by atoms with Gasteiger partial charge in [-0.1, -0.05) is 0 Å². The normalized spacial score (nSPS) is 39.2. The lowest BCUT2D eigenvalue weighted by Gasteiger charge is -2.41. The number of carbonyl (C=O) groups is 1. The molecule has 9 heteroatoms. The molecule has 4 fully saturated rings. The number of fused-ring (bicyclic) bond motifs is 1. The Kier molecular flexibility index (Phi) is 4.81. The summed E-state index contributed by atoms with van der Waals surface area (Å²) < 4.78 is 28.8. The fourth-order valence-corrected chi connectivity index (χ4v) is 7.08. The molecule has 3 saturated carbocycles. The highest BCUT2D eigenvalue weighted by molar-refractivity contribution is 7.90. The Morgan fingerprint density at radius 3 is 2.59 bits per heavy atom. The lowest BCUT2D eigenvalue weighted by molar-refractivity contribution is -0.141. The van der Waals surface area contributed by atoms with E-state index in [-0.39, 0.29) is 35.4 Å². The van der Waals surface area contributed by atoms with Crippen LogP contribution in [0.3, 0.4) is 0 Å². The first-order chi connectivity index (χ1) is 13.7. The molecule has 3 aliphatic carbocycles. The van der Waals surface area contributed by atoms with Crippen molar-refractivity contribution in [2.75, 3.05) is 6.54 Å². The van der Waals surface area contributed by atoms with Crippen molar-refractivity contribution in [2.24, 2.45) is 22.9 Å². The van der Waals surface area contributed by atoms with E-state index in [2.05, 4.69) is 17.1 Å². The fourth-order valence-electron chi connectivity index (χ4n) is 5.11. The van der Waals surface area contributed by atoms with Crippen molar-refractivity contribution < 1.29 is 18.0 Å². The zero-order valence-electron chi connectivity index (χ0n) is 17.3. The Morgan fingerprint density at radius 1 is 1.21 bits per heavy atom. The van der Waals surface area contributed by atoms with Gasteiger partial charge in [-0.2, -0.15) is 10.6 Å². The van der Waals surface area contributed by atoms with E-state index in [0.29, 0.717) is 25.3 Å². The molecular weight excluding hydrogens is 392 g/mol. The second-order valence-corrected chi connectivity index (χ2v) is 12.0. The Balaban J connectivity index is 1.34. The van der Waals surface area contributed by atoms with E-state index in [0.717, 1.165) is 44.2 Å². The van der Waals surface area contributed by atoms with E-state index in [9.17, 15) is 13.2 Å². The highest BCUT2D eigenvalue weighted by Gasteiger charge is 2.51. The molecular formula is C20H32N4O4S. The molecule has 5 aliphatic rings. The number of nitrogens with zero attached hydrogens (tertiary/aromatic N) is 2. The largest absolute Gasteiger partial charge is 0.296 e. The van der Waals surface area contributed by atoms with Crippen molar-refractivity contribution in [3.8, 4) is 0 Å². The summed E-state index contributed by atoms with van der Waals surface area (Å²) in [6.45, 7) is 4.44. The molecule has 0 spiro atoms. The summed E-state index contributed by atoms with van der Waals surface area (Å²) >= 11 is 0. The number of nitrogens with one attached hydrogen (secondary N) is 2. The molecule has 0 radical (unpaired) electrons. The summed E-state index contributed by atoms with van der Waals surface area (Å²) in [4.78, 5) is 18.9. The standard InChI is InChI=1S/C20H32N4O4S/c1-12-9-14(28-22-12)11-24-19(25)17-10-15(29(26,27)23-20(2)7-8-20)5-6-16(17)18(21-24)13-3-4-13/h12-17,22-23H,3-11H2,1-2H3. The molecule has 8 nitrogen and oxygen atoms in total. The van der Waals surface area contributed by atoms with Crippen LogP contribution in [0.2, 0.25) is 0 Å². The minimum atomic E-state index is -3.42. The predicted octanol–water partition coefficient (Wildman–Crippen LogP) is 1.53. The average molecular weight is 425 g/mol. The fraction of sp³-hybridized carbons (Fsp3) is 0.900. The quantitative estimate of drug-likeness (QED) is 0.674. The highest BCUT2D eigenvalue weighted by atomic mass is 32.2. The molecule has 0 aromatic carbocycles. The van der Waals surface area contributed by atoms with Crippen LogP contribution in [0.25, 0.3) is 0 Å². The SMILES string of the molecule is CC1CC(CN2N=C(C3CC3)C3CCC(S(=O)(=O)NC4(C)CC4)CC3C2=O)ON1. The number of hydrazone groups is 1. The van der Waals surface area contributed by atoms with Crippen LogP contribution in [0.15, 0.2) is 5.10 Å². The molecule has 1 amide bonds. The van der Waals surface area contributed by atoms with Crippen molar-refractivity contribution in [2.45, 2.75) is 88.1 Å². The number of hydrogen-bond acceptors (Lipinski definition) is 6. The second-order valence-electron chi connectivity index (χ2n) is 10.1.